The molecule has 0 aliphatic heterocycles. The first-order valence-corrected chi connectivity index (χ1v) is 12.2. The largest absolute Gasteiger partial charge is 0.260 e. The van der Waals surface area contributed by atoms with E-state index in [0.29, 0.717) is 10.5 Å². The lowest BCUT2D eigenvalue weighted by molar-refractivity contribution is 0.607. The number of sulfone groups is 1. The van der Waals surface area contributed by atoms with Crippen molar-refractivity contribution in [1.82, 2.24) is 0 Å². The van der Waals surface area contributed by atoms with Gasteiger partial charge in [0.15, 0.2) is 0 Å². The van der Waals surface area contributed by atoms with Gasteiger partial charge in [-0.15, -0.1) is 0 Å². The third-order valence-electron chi connectivity index (χ3n) is 0. The SMILES string of the molecule is C=S(C)C.CS(C)(=O)=O.CS(C)=O.CSC. The van der Waals surface area contributed by atoms with Crippen LogP contribution in [0.5, 0.6) is 0 Å². The molecule has 0 aromatic carbocycles. The first kappa shape index (κ1) is 25.5. The first-order chi connectivity index (χ1) is 6.88. The Morgan fingerprint density at radius 2 is 1.00 bits per heavy atom. The molecule has 3 nitrogen and oxygen atoms in total. The molecule has 16 heavy (non-hydrogen) atoms. The Morgan fingerprint density at radius 3 is 1.00 bits per heavy atom. The second-order valence-electron chi connectivity index (χ2n) is 3.28. The fourth-order valence-corrected chi connectivity index (χ4v) is 0. The first-order valence-electron chi connectivity index (χ1n) is 4.05. The minimum absolute atomic E-state index is 0.389. The summed E-state index contributed by atoms with van der Waals surface area (Å²) in [6.45, 7) is 0. The molecule has 0 aromatic heterocycles. The van der Waals surface area contributed by atoms with Crippen molar-refractivity contribution in [2.24, 2.45) is 0 Å². The average molecular weight is 311 g/mol. The van der Waals surface area contributed by atoms with Crippen molar-refractivity contribution in [3.05, 3.63) is 0 Å². The highest BCUT2D eigenvalue weighted by atomic mass is 32.2. The average Bonchev–Trinajstić information content (AvgIpc) is 1.78. The second kappa shape index (κ2) is 18.0. The van der Waals surface area contributed by atoms with Crippen LogP contribution < -0.4 is 0 Å². The van der Waals surface area contributed by atoms with E-state index >= 15 is 0 Å². The summed E-state index contributed by atoms with van der Waals surface area (Å²) in [5.41, 5.74) is 0. The topological polar surface area (TPSA) is 51.2 Å². The molecule has 104 valence electrons. The van der Waals surface area contributed by atoms with Crippen LogP contribution in [0.15, 0.2) is 0 Å². The zero-order valence-corrected chi connectivity index (χ0v) is 14.8. The Balaban J connectivity index is -0.0000000610. The van der Waals surface area contributed by atoms with Gasteiger partial charge in [-0.25, -0.2) is 8.42 Å². The molecule has 0 atom stereocenters. The van der Waals surface area contributed by atoms with Crippen LogP contribution in [0.3, 0.4) is 0 Å². The maximum Gasteiger partial charge on any atom is 0.144 e. The highest BCUT2D eigenvalue weighted by Gasteiger charge is 1.79. The summed E-state index contributed by atoms with van der Waals surface area (Å²) in [5, 5.41) is 0. The molecule has 0 aliphatic rings. The van der Waals surface area contributed by atoms with E-state index in [1.54, 1.807) is 24.3 Å². The van der Waals surface area contributed by atoms with Crippen LogP contribution in [-0.4, -0.2) is 68.5 Å². The molecule has 0 spiro atoms. The van der Waals surface area contributed by atoms with Crippen LogP contribution in [0.1, 0.15) is 0 Å². The van der Waals surface area contributed by atoms with Crippen molar-refractivity contribution in [2.75, 3.05) is 50.0 Å². The van der Waals surface area contributed by atoms with Gasteiger partial charge >= 0.3 is 0 Å². The van der Waals surface area contributed by atoms with E-state index in [-0.39, 0.29) is 0 Å². The lowest BCUT2D eigenvalue weighted by Crippen LogP contribution is -1.86. The predicted octanol–water partition coefficient (Wildman–Crippen LogP) is 1.58. The van der Waals surface area contributed by atoms with Crippen LogP contribution in [0.4, 0.5) is 0 Å². The Morgan fingerprint density at radius 1 is 1.00 bits per heavy atom. The molecule has 0 N–H and O–H groups in total. The summed E-state index contributed by atoms with van der Waals surface area (Å²) < 4.78 is 28.8. The van der Waals surface area contributed by atoms with Gasteiger partial charge in [-0.2, -0.15) is 22.2 Å². The molecule has 0 radical (unpaired) electrons. The van der Waals surface area contributed by atoms with Crippen molar-refractivity contribution in [2.45, 2.75) is 0 Å². The quantitative estimate of drug-likeness (QED) is 0.638. The van der Waals surface area contributed by atoms with Gasteiger partial charge in [-0.1, -0.05) is 5.87 Å². The maximum atomic E-state index is 9.63. The van der Waals surface area contributed by atoms with E-state index in [0.717, 1.165) is 12.5 Å². The van der Waals surface area contributed by atoms with Gasteiger partial charge in [0.2, 0.25) is 0 Å². The summed E-state index contributed by atoms with van der Waals surface area (Å²) in [7, 11) is -2.89. The molecule has 7 heteroatoms. The molecule has 0 fully saturated rings. The van der Waals surface area contributed by atoms with E-state index in [2.05, 4.69) is 18.4 Å². The summed E-state index contributed by atoms with van der Waals surface area (Å²) in [4.78, 5) is 0. The highest BCUT2D eigenvalue weighted by Crippen LogP contribution is 1.86. The molecule has 0 saturated heterocycles. The second-order valence-corrected chi connectivity index (χ2v) is 9.84. The van der Waals surface area contributed by atoms with Crippen LogP contribution in [0.25, 0.3) is 0 Å². The predicted molar refractivity (Wildman–Crippen MR) is 86.8 cm³/mol. The molecule has 0 unspecified atom stereocenters. The van der Waals surface area contributed by atoms with Gasteiger partial charge in [0.25, 0.3) is 0 Å². The molecular weight excluding hydrogens is 284 g/mol. The normalized spacial score (nSPS) is 9.12. The molecule has 0 aliphatic carbocycles. The minimum atomic E-state index is -2.67. The van der Waals surface area contributed by atoms with Gasteiger partial charge in [-0.05, 0) is 25.0 Å². The number of hydrogen-bond acceptors (Lipinski definition) is 4. The zero-order valence-electron chi connectivity index (χ0n) is 11.6. The van der Waals surface area contributed by atoms with Crippen molar-refractivity contribution in [3.8, 4) is 0 Å². The Hall–Kier alpha value is 0.670. The van der Waals surface area contributed by atoms with E-state index in [1.165, 1.54) is 0 Å². The van der Waals surface area contributed by atoms with Gasteiger partial charge < -0.3 is 0 Å². The van der Waals surface area contributed by atoms with E-state index in [9.17, 15) is 12.6 Å². The van der Waals surface area contributed by atoms with Gasteiger partial charge in [0.1, 0.15) is 9.84 Å². The smallest absolute Gasteiger partial charge is 0.144 e. The van der Waals surface area contributed by atoms with Crippen LogP contribution in [0.2, 0.25) is 0 Å². The minimum Gasteiger partial charge on any atom is -0.260 e. The summed E-state index contributed by atoms with van der Waals surface area (Å²) in [6.07, 6.45) is 13.8. The van der Waals surface area contributed by atoms with E-state index < -0.39 is 20.6 Å². The molecule has 0 saturated carbocycles. The van der Waals surface area contributed by atoms with Crippen LogP contribution in [0, 0.1) is 0 Å². The van der Waals surface area contributed by atoms with Gasteiger partial charge in [-0.3, -0.25) is 4.21 Å². The summed E-state index contributed by atoms with van der Waals surface area (Å²) in [5.74, 6) is 3.67. The van der Waals surface area contributed by atoms with Crippen molar-refractivity contribution in [1.29, 1.82) is 0 Å². The Bertz CT molecular complexity index is 230. The lowest BCUT2D eigenvalue weighted by Gasteiger charge is -1.70. The molecular formula is C9H26O3S4. The lowest BCUT2D eigenvalue weighted by atomic mass is 11.9. The Kier molecular flexibility index (Phi) is 28.8. The highest BCUT2D eigenvalue weighted by molar-refractivity contribution is 8.12. The van der Waals surface area contributed by atoms with Crippen molar-refractivity contribution < 1.29 is 12.6 Å². The fourth-order valence-electron chi connectivity index (χ4n) is 0. The maximum absolute atomic E-state index is 9.63. The van der Waals surface area contributed by atoms with Crippen molar-refractivity contribution >= 4 is 48.8 Å². The molecule has 0 bridgehead atoms. The third kappa shape index (κ3) is 6110. The Labute approximate surface area is 111 Å². The molecule has 0 amide bonds. The monoisotopic (exact) mass is 310 g/mol. The van der Waals surface area contributed by atoms with E-state index in [4.69, 9.17) is 0 Å². The van der Waals surface area contributed by atoms with Gasteiger partial charge in [0.05, 0.1) is 0 Å². The fraction of sp³-hybridized carbons (Fsp3) is 0.889. The number of hydrogen-bond donors (Lipinski definition) is 0. The van der Waals surface area contributed by atoms with Gasteiger partial charge in [0, 0.05) is 35.8 Å². The third-order valence-corrected chi connectivity index (χ3v) is 0. The van der Waals surface area contributed by atoms with E-state index in [1.807, 2.05) is 12.5 Å². The summed E-state index contributed by atoms with van der Waals surface area (Å²) in [6, 6.07) is 0. The zero-order chi connectivity index (χ0) is 14.4. The van der Waals surface area contributed by atoms with Crippen LogP contribution in [-0.2, 0) is 20.6 Å². The standard InChI is InChI=1S/C3H8S.C2H6O2S.C2H6OS.C2H6S/c1-4(2)3;1-5(2,3)4;1-4(2)3;1-3-2/h1H2,2-3H3;1-2H3;1-2H3;1-2H3. The molecule has 0 rings (SSSR count). The van der Waals surface area contributed by atoms with Crippen LogP contribution >= 0.6 is 22.2 Å². The van der Waals surface area contributed by atoms with Crippen molar-refractivity contribution in [3.63, 3.8) is 0 Å². The molecule has 0 aromatic rings. The molecule has 0 heterocycles. The summed E-state index contributed by atoms with van der Waals surface area (Å²) >= 11 is 1.75. The number of rotatable bonds is 0. The number of thioether (sulfide) groups is 1.